The van der Waals surface area contributed by atoms with Crippen LogP contribution >= 0.6 is 11.6 Å². The van der Waals surface area contributed by atoms with Crippen molar-refractivity contribution in [2.45, 2.75) is 26.1 Å². The second-order valence-electron chi connectivity index (χ2n) is 5.23. The third kappa shape index (κ3) is 3.38. The van der Waals surface area contributed by atoms with Gasteiger partial charge in [0.15, 0.2) is 0 Å². The zero-order chi connectivity index (χ0) is 14.7. The van der Waals surface area contributed by atoms with Crippen molar-refractivity contribution >= 4 is 11.6 Å². The quantitative estimate of drug-likeness (QED) is 0.892. The molecule has 2 aromatic rings. The molecule has 2 N–H and O–H groups in total. The molecule has 0 bridgehead atoms. The van der Waals surface area contributed by atoms with Gasteiger partial charge in [0.25, 0.3) is 0 Å². The highest BCUT2D eigenvalue weighted by atomic mass is 35.5. The van der Waals surface area contributed by atoms with Gasteiger partial charge in [-0.15, -0.1) is 0 Å². The number of benzene rings is 2. The Morgan fingerprint density at radius 1 is 1.14 bits per heavy atom. The van der Waals surface area contributed by atoms with Gasteiger partial charge in [-0.25, -0.2) is 0 Å². The van der Waals surface area contributed by atoms with E-state index in [-0.39, 0.29) is 6.61 Å². The van der Waals surface area contributed by atoms with Crippen molar-refractivity contribution in [1.82, 2.24) is 5.32 Å². The number of nitrogens with one attached hydrogen (secondary N) is 1. The van der Waals surface area contributed by atoms with Crippen LogP contribution in [-0.4, -0.2) is 11.7 Å². The Hall–Kier alpha value is -1.55. The Morgan fingerprint density at radius 2 is 2.00 bits per heavy atom. The van der Waals surface area contributed by atoms with Crippen molar-refractivity contribution in [1.29, 1.82) is 0 Å². The van der Waals surface area contributed by atoms with Gasteiger partial charge in [-0.2, -0.15) is 0 Å². The summed E-state index contributed by atoms with van der Waals surface area (Å²) in [4.78, 5) is 0. The Morgan fingerprint density at radius 3 is 2.86 bits per heavy atom. The summed E-state index contributed by atoms with van der Waals surface area (Å²) in [6.07, 6.45) is 0.932. The van der Waals surface area contributed by atoms with Crippen LogP contribution in [0.2, 0.25) is 5.02 Å². The van der Waals surface area contributed by atoms with Gasteiger partial charge < -0.3 is 15.2 Å². The summed E-state index contributed by atoms with van der Waals surface area (Å²) in [5, 5.41) is 13.3. The van der Waals surface area contributed by atoms with Gasteiger partial charge in [-0.3, -0.25) is 0 Å². The molecule has 21 heavy (non-hydrogen) atoms. The second kappa shape index (κ2) is 6.48. The van der Waals surface area contributed by atoms with E-state index in [4.69, 9.17) is 21.4 Å². The fraction of sp³-hybridized carbons (Fsp3) is 0.294. The van der Waals surface area contributed by atoms with E-state index in [0.29, 0.717) is 6.54 Å². The highest BCUT2D eigenvalue weighted by molar-refractivity contribution is 6.30. The number of fused-ring (bicyclic) bond motifs is 1. The third-order valence-corrected chi connectivity index (χ3v) is 3.86. The summed E-state index contributed by atoms with van der Waals surface area (Å²) in [7, 11) is 0. The molecule has 0 unspecified atom stereocenters. The topological polar surface area (TPSA) is 41.5 Å². The highest BCUT2D eigenvalue weighted by Gasteiger charge is 2.17. The minimum atomic E-state index is 0.0729. The smallest absolute Gasteiger partial charge is 0.127 e. The number of aliphatic hydroxyl groups excluding tert-OH is 1. The molecule has 0 atom stereocenters. The summed E-state index contributed by atoms with van der Waals surface area (Å²) in [5.74, 6) is 0.982. The number of aliphatic hydroxyl groups is 1. The molecule has 1 heterocycles. The lowest BCUT2D eigenvalue weighted by Crippen LogP contribution is -2.13. The molecule has 2 aromatic carbocycles. The molecule has 1 aliphatic rings. The summed E-state index contributed by atoms with van der Waals surface area (Å²) >= 11 is 6.15. The van der Waals surface area contributed by atoms with Gasteiger partial charge in [0.1, 0.15) is 5.75 Å². The zero-order valence-electron chi connectivity index (χ0n) is 11.7. The van der Waals surface area contributed by atoms with E-state index in [1.54, 1.807) is 0 Å². The molecular weight excluding hydrogens is 286 g/mol. The molecule has 0 amide bonds. The maximum absolute atomic E-state index is 9.15. The summed E-state index contributed by atoms with van der Waals surface area (Å²) in [5.41, 5.74) is 4.39. The molecule has 0 fully saturated rings. The van der Waals surface area contributed by atoms with Gasteiger partial charge in [0.2, 0.25) is 0 Å². The van der Waals surface area contributed by atoms with Gasteiger partial charge in [-0.1, -0.05) is 35.9 Å². The van der Waals surface area contributed by atoms with E-state index in [0.717, 1.165) is 47.0 Å². The molecule has 0 spiro atoms. The first-order chi connectivity index (χ1) is 10.3. The number of halogens is 1. The second-order valence-corrected chi connectivity index (χ2v) is 5.67. The van der Waals surface area contributed by atoms with E-state index in [9.17, 15) is 0 Å². The van der Waals surface area contributed by atoms with Gasteiger partial charge >= 0.3 is 0 Å². The summed E-state index contributed by atoms with van der Waals surface area (Å²) in [6.45, 7) is 2.27. The van der Waals surface area contributed by atoms with Crippen LogP contribution in [0.5, 0.6) is 5.75 Å². The van der Waals surface area contributed by atoms with Crippen LogP contribution in [0.25, 0.3) is 0 Å². The SMILES string of the molecule is OCc1cccc(CNCc2cc(Cl)cc3c2OCC3)c1. The van der Waals surface area contributed by atoms with E-state index in [1.165, 1.54) is 5.56 Å². The van der Waals surface area contributed by atoms with Crippen LogP contribution in [0.15, 0.2) is 36.4 Å². The monoisotopic (exact) mass is 303 g/mol. The molecular formula is C17H18ClNO2. The molecule has 4 heteroatoms. The minimum Gasteiger partial charge on any atom is -0.493 e. The van der Waals surface area contributed by atoms with E-state index in [1.807, 2.05) is 36.4 Å². The summed E-state index contributed by atoms with van der Waals surface area (Å²) in [6, 6.07) is 11.9. The largest absolute Gasteiger partial charge is 0.493 e. The fourth-order valence-corrected chi connectivity index (χ4v) is 2.92. The molecule has 1 aliphatic heterocycles. The number of hydrogen-bond acceptors (Lipinski definition) is 3. The summed E-state index contributed by atoms with van der Waals surface area (Å²) < 4.78 is 5.69. The zero-order valence-corrected chi connectivity index (χ0v) is 12.5. The predicted molar refractivity (Wildman–Crippen MR) is 83.6 cm³/mol. The maximum Gasteiger partial charge on any atom is 0.127 e. The maximum atomic E-state index is 9.15. The molecule has 0 saturated carbocycles. The van der Waals surface area contributed by atoms with Crippen LogP contribution in [0.4, 0.5) is 0 Å². The number of rotatable bonds is 5. The van der Waals surface area contributed by atoms with Crippen molar-refractivity contribution in [3.05, 3.63) is 63.7 Å². The first-order valence-corrected chi connectivity index (χ1v) is 7.47. The highest BCUT2D eigenvalue weighted by Crippen LogP contribution is 2.32. The molecule has 0 aliphatic carbocycles. The van der Waals surface area contributed by atoms with Crippen LogP contribution in [0.1, 0.15) is 22.3 Å². The van der Waals surface area contributed by atoms with Gasteiger partial charge in [0, 0.05) is 30.1 Å². The Labute approximate surface area is 129 Å². The van der Waals surface area contributed by atoms with Crippen molar-refractivity contribution in [3.8, 4) is 5.75 Å². The lowest BCUT2D eigenvalue weighted by atomic mass is 10.1. The standard InChI is InChI=1S/C17H18ClNO2/c18-16-7-14-4-5-21-17(14)15(8-16)10-19-9-12-2-1-3-13(6-12)11-20/h1-3,6-8,19-20H,4-5,9-11H2. The van der Waals surface area contributed by atoms with E-state index >= 15 is 0 Å². The predicted octanol–water partition coefficient (Wildman–Crippen LogP) is 3.06. The van der Waals surface area contributed by atoms with Crippen LogP contribution in [0.3, 0.4) is 0 Å². The van der Waals surface area contributed by atoms with Crippen LogP contribution < -0.4 is 10.1 Å². The number of ether oxygens (including phenoxy) is 1. The molecule has 0 aromatic heterocycles. The van der Waals surface area contributed by atoms with Crippen molar-refractivity contribution in [2.75, 3.05) is 6.61 Å². The van der Waals surface area contributed by atoms with Gasteiger partial charge in [-0.05, 0) is 28.8 Å². The van der Waals surface area contributed by atoms with E-state index < -0.39 is 0 Å². The fourth-order valence-electron chi connectivity index (χ4n) is 2.66. The first kappa shape index (κ1) is 14.4. The molecule has 0 saturated heterocycles. The van der Waals surface area contributed by atoms with Crippen LogP contribution in [-0.2, 0) is 26.1 Å². The van der Waals surface area contributed by atoms with Crippen molar-refractivity contribution in [3.63, 3.8) is 0 Å². The average Bonchev–Trinajstić information content (AvgIpc) is 2.95. The van der Waals surface area contributed by atoms with Gasteiger partial charge in [0.05, 0.1) is 13.2 Å². The third-order valence-electron chi connectivity index (χ3n) is 3.64. The molecule has 3 nitrogen and oxygen atoms in total. The lowest BCUT2D eigenvalue weighted by molar-refractivity contribution is 0.281. The molecule has 110 valence electrons. The minimum absolute atomic E-state index is 0.0729. The van der Waals surface area contributed by atoms with Crippen molar-refractivity contribution < 1.29 is 9.84 Å². The lowest BCUT2D eigenvalue weighted by Gasteiger charge is -2.11. The molecule has 0 radical (unpaired) electrons. The average molecular weight is 304 g/mol. The van der Waals surface area contributed by atoms with Crippen molar-refractivity contribution in [2.24, 2.45) is 0 Å². The van der Waals surface area contributed by atoms with Crippen LogP contribution in [0, 0.1) is 0 Å². The Kier molecular flexibility index (Phi) is 4.44. The number of hydrogen-bond donors (Lipinski definition) is 2. The first-order valence-electron chi connectivity index (χ1n) is 7.10. The van der Waals surface area contributed by atoms with E-state index in [2.05, 4.69) is 5.32 Å². The Balaban J connectivity index is 1.65. The Bertz CT molecular complexity index is 643. The normalized spacial score (nSPS) is 13.0. The molecule has 3 rings (SSSR count).